The van der Waals surface area contributed by atoms with Crippen LogP contribution in [0.15, 0.2) is 30.3 Å². The normalized spacial score (nSPS) is 25.7. The minimum Gasteiger partial charge on any atom is -0.376 e. The van der Waals surface area contributed by atoms with Crippen molar-refractivity contribution in [1.82, 2.24) is 0 Å². The molecular weight excluding hydrogens is 188 g/mol. The van der Waals surface area contributed by atoms with Gasteiger partial charge in [-0.3, -0.25) is 0 Å². The van der Waals surface area contributed by atoms with Gasteiger partial charge in [-0.1, -0.05) is 37.3 Å². The van der Waals surface area contributed by atoms with Crippen molar-refractivity contribution in [3.05, 3.63) is 35.9 Å². The molecule has 1 aliphatic heterocycles. The Morgan fingerprint density at radius 2 is 2.13 bits per heavy atom. The van der Waals surface area contributed by atoms with Gasteiger partial charge in [-0.2, -0.15) is 0 Å². The third-order valence-electron chi connectivity index (χ3n) is 2.70. The van der Waals surface area contributed by atoms with Crippen LogP contribution in [0.5, 0.6) is 0 Å². The molecule has 0 amide bonds. The summed E-state index contributed by atoms with van der Waals surface area (Å²) >= 11 is 0. The van der Waals surface area contributed by atoms with Gasteiger partial charge in [0.25, 0.3) is 0 Å². The van der Waals surface area contributed by atoms with Gasteiger partial charge in [0.2, 0.25) is 0 Å². The van der Waals surface area contributed by atoms with Crippen LogP contribution in [-0.2, 0) is 16.1 Å². The molecule has 15 heavy (non-hydrogen) atoms. The van der Waals surface area contributed by atoms with Gasteiger partial charge in [0.15, 0.2) is 0 Å². The Morgan fingerprint density at radius 3 is 2.80 bits per heavy atom. The lowest BCUT2D eigenvalue weighted by molar-refractivity contribution is 0.0101. The Bertz CT molecular complexity index is 284. The number of hydrogen-bond acceptors (Lipinski definition) is 2. The summed E-state index contributed by atoms with van der Waals surface area (Å²) in [7, 11) is 0. The summed E-state index contributed by atoms with van der Waals surface area (Å²) < 4.78 is 11.2. The molecule has 2 heteroatoms. The van der Waals surface area contributed by atoms with Gasteiger partial charge in [-0.15, -0.1) is 0 Å². The van der Waals surface area contributed by atoms with E-state index in [4.69, 9.17) is 9.47 Å². The van der Waals surface area contributed by atoms with Crippen molar-refractivity contribution in [2.75, 3.05) is 13.2 Å². The smallest absolute Gasteiger partial charge is 0.0812 e. The lowest BCUT2D eigenvalue weighted by Crippen LogP contribution is -2.14. The highest BCUT2D eigenvalue weighted by Gasteiger charge is 2.21. The maximum absolute atomic E-state index is 5.63. The molecule has 1 aliphatic rings. The van der Waals surface area contributed by atoms with E-state index in [-0.39, 0.29) is 0 Å². The largest absolute Gasteiger partial charge is 0.376 e. The fourth-order valence-corrected chi connectivity index (χ4v) is 1.88. The highest BCUT2D eigenvalue weighted by atomic mass is 16.5. The number of benzene rings is 1. The maximum Gasteiger partial charge on any atom is 0.0812 e. The first-order valence-corrected chi connectivity index (χ1v) is 5.58. The molecule has 2 rings (SSSR count). The molecule has 1 aromatic carbocycles. The van der Waals surface area contributed by atoms with Gasteiger partial charge < -0.3 is 9.47 Å². The zero-order chi connectivity index (χ0) is 10.5. The molecule has 0 aromatic heterocycles. The Hall–Kier alpha value is -0.860. The quantitative estimate of drug-likeness (QED) is 0.754. The summed E-state index contributed by atoms with van der Waals surface area (Å²) in [6.07, 6.45) is 1.44. The monoisotopic (exact) mass is 206 g/mol. The van der Waals surface area contributed by atoms with Crippen molar-refractivity contribution in [3.63, 3.8) is 0 Å². The molecular formula is C13H18O2. The summed E-state index contributed by atoms with van der Waals surface area (Å²) in [4.78, 5) is 0. The first-order chi connectivity index (χ1) is 7.34. The minimum atomic E-state index is 0.309. The van der Waals surface area contributed by atoms with Crippen LogP contribution in [0.25, 0.3) is 0 Å². The Kier molecular flexibility index (Phi) is 3.75. The van der Waals surface area contributed by atoms with E-state index >= 15 is 0 Å². The van der Waals surface area contributed by atoms with Gasteiger partial charge in [-0.05, 0) is 17.9 Å². The van der Waals surface area contributed by atoms with Crippen LogP contribution >= 0.6 is 0 Å². The van der Waals surface area contributed by atoms with Crippen LogP contribution in [0.3, 0.4) is 0 Å². The van der Waals surface area contributed by atoms with Crippen LogP contribution in [0, 0.1) is 5.92 Å². The average Bonchev–Trinajstić information content (AvgIpc) is 2.66. The van der Waals surface area contributed by atoms with E-state index in [0.717, 1.165) is 19.6 Å². The van der Waals surface area contributed by atoms with Crippen LogP contribution in [0.2, 0.25) is 0 Å². The molecule has 82 valence electrons. The third-order valence-corrected chi connectivity index (χ3v) is 2.70. The summed E-state index contributed by atoms with van der Waals surface area (Å²) in [5.41, 5.74) is 1.23. The topological polar surface area (TPSA) is 18.5 Å². The fourth-order valence-electron chi connectivity index (χ4n) is 1.88. The van der Waals surface area contributed by atoms with Crippen molar-refractivity contribution < 1.29 is 9.47 Å². The molecule has 0 N–H and O–H groups in total. The summed E-state index contributed by atoms with van der Waals surface area (Å²) in [5.74, 6) is 0.690. The second kappa shape index (κ2) is 5.29. The van der Waals surface area contributed by atoms with Crippen LogP contribution in [0.4, 0.5) is 0 Å². The molecule has 0 unspecified atom stereocenters. The van der Waals surface area contributed by atoms with Crippen molar-refractivity contribution in [3.8, 4) is 0 Å². The van der Waals surface area contributed by atoms with Gasteiger partial charge in [-0.25, -0.2) is 0 Å². The highest BCUT2D eigenvalue weighted by Crippen LogP contribution is 2.19. The maximum atomic E-state index is 5.63. The zero-order valence-corrected chi connectivity index (χ0v) is 9.19. The molecule has 0 spiro atoms. The van der Waals surface area contributed by atoms with E-state index in [0.29, 0.717) is 18.6 Å². The lowest BCUT2D eigenvalue weighted by Gasteiger charge is -2.09. The van der Waals surface area contributed by atoms with Gasteiger partial charge in [0.05, 0.1) is 19.3 Å². The predicted molar refractivity (Wildman–Crippen MR) is 59.6 cm³/mol. The van der Waals surface area contributed by atoms with E-state index in [1.54, 1.807) is 0 Å². The molecule has 0 radical (unpaired) electrons. The zero-order valence-electron chi connectivity index (χ0n) is 9.19. The summed E-state index contributed by atoms with van der Waals surface area (Å²) in [6.45, 7) is 4.52. The minimum absolute atomic E-state index is 0.309. The molecule has 1 heterocycles. The molecule has 2 atom stereocenters. The Morgan fingerprint density at radius 1 is 1.33 bits per heavy atom. The summed E-state index contributed by atoms with van der Waals surface area (Å²) in [5, 5.41) is 0. The Labute approximate surface area is 91.2 Å². The lowest BCUT2D eigenvalue weighted by atomic mass is 10.1. The fraction of sp³-hybridized carbons (Fsp3) is 0.538. The van der Waals surface area contributed by atoms with Gasteiger partial charge >= 0.3 is 0 Å². The van der Waals surface area contributed by atoms with Crippen molar-refractivity contribution >= 4 is 0 Å². The third kappa shape index (κ3) is 3.33. The molecule has 0 saturated carbocycles. The molecule has 1 saturated heterocycles. The molecule has 1 fully saturated rings. The van der Waals surface area contributed by atoms with E-state index in [9.17, 15) is 0 Å². The number of hydrogen-bond donors (Lipinski definition) is 0. The molecule has 0 bridgehead atoms. The van der Waals surface area contributed by atoms with Crippen molar-refractivity contribution in [2.24, 2.45) is 5.92 Å². The first kappa shape index (κ1) is 10.7. The molecule has 0 aliphatic carbocycles. The Balaban J connectivity index is 1.67. The average molecular weight is 206 g/mol. The highest BCUT2D eigenvalue weighted by molar-refractivity contribution is 5.13. The van der Waals surface area contributed by atoms with Gasteiger partial charge in [0.1, 0.15) is 0 Å². The first-order valence-electron chi connectivity index (χ1n) is 5.58. The number of rotatable bonds is 4. The van der Waals surface area contributed by atoms with Crippen molar-refractivity contribution in [1.29, 1.82) is 0 Å². The van der Waals surface area contributed by atoms with Gasteiger partial charge in [0, 0.05) is 6.61 Å². The van der Waals surface area contributed by atoms with Crippen LogP contribution in [-0.4, -0.2) is 19.3 Å². The molecule has 1 aromatic rings. The second-order valence-corrected chi connectivity index (χ2v) is 4.30. The molecule has 2 nitrogen and oxygen atoms in total. The van der Waals surface area contributed by atoms with Crippen LogP contribution in [0.1, 0.15) is 18.9 Å². The second-order valence-electron chi connectivity index (χ2n) is 4.30. The SMILES string of the molecule is C[C@H]1CO[C@@H](COCc2ccccc2)C1. The van der Waals surface area contributed by atoms with Crippen LogP contribution < -0.4 is 0 Å². The van der Waals surface area contributed by atoms with E-state index in [2.05, 4.69) is 19.1 Å². The van der Waals surface area contributed by atoms with Crippen molar-refractivity contribution in [2.45, 2.75) is 26.1 Å². The standard InChI is InChI=1S/C13H18O2/c1-11-7-13(15-8-11)10-14-9-12-5-3-2-4-6-12/h2-6,11,13H,7-10H2,1H3/t11-,13-/m1/s1. The van der Waals surface area contributed by atoms with E-state index in [1.165, 1.54) is 5.56 Å². The summed E-state index contributed by atoms with van der Waals surface area (Å²) in [6, 6.07) is 10.3. The van der Waals surface area contributed by atoms with E-state index in [1.807, 2.05) is 18.2 Å². The number of ether oxygens (including phenoxy) is 2. The predicted octanol–water partition coefficient (Wildman–Crippen LogP) is 2.63. The van der Waals surface area contributed by atoms with E-state index < -0.39 is 0 Å².